The molecule has 0 amide bonds. The van der Waals surface area contributed by atoms with Crippen molar-refractivity contribution in [3.8, 4) is 0 Å². The first kappa shape index (κ1) is 14.1. The fourth-order valence-corrected chi connectivity index (χ4v) is 4.05. The monoisotopic (exact) mass is 372 g/mol. The molecular formula is C12H10BrFN4S2. The quantitative estimate of drug-likeness (QED) is 0.879. The summed E-state index contributed by atoms with van der Waals surface area (Å²) in [7, 11) is 0. The van der Waals surface area contributed by atoms with Gasteiger partial charge >= 0.3 is 0 Å². The molecule has 0 aromatic carbocycles. The van der Waals surface area contributed by atoms with E-state index in [0.717, 1.165) is 22.1 Å². The zero-order chi connectivity index (χ0) is 14.1. The van der Waals surface area contributed by atoms with Gasteiger partial charge in [0.15, 0.2) is 5.82 Å². The van der Waals surface area contributed by atoms with Crippen molar-refractivity contribution in [2.75, 3.05) is 11.7 Å². The van der Waals surface area contributed by atoms with Gasteiger partial charge in [0.1, 0.15) is 21.3 Å². The van der Waals surface area contributed by atoms with Crippen LogP contribution in [0.2, 0.25) is 0 Å². The molecule has 2 heterocycles. The minimum Gasteiger partial charge on any atom is -0.381 e. The molecule has 0 saturated heterocycles. The van der Waals surface area contributed by atoms with E-state index in [9.17, 15) is 4.39 Å². The molecule has 3 rings (SSSR count). The molecule has 1 atom stereocenters. The highest BCUT2D eigenvalue weighted by Gasteiger charge is 2.29. The molecule has 0 bridgehead atoms. The minimum atomic E-state index is -0.392. The molecular weight excluding hydrogens is 363 g/mol. The van der Waals surface area contributed by atoms with E-state index >= 15 is 0 Å². The fourth-order valence-electron chi connectivity index (χ4n) is 1.90. The third kappa shape index (κ3) is 2.77. The van der Waals surface area contributed by atoms with Crippen LogP contribution in [0.1, 0.15) is 12.1 Å². The number of anilines is 1. The summed E-state index contributed by atoms with van der Waals surface area (Å²) >= 11 is 6.14. The SMILES string of the molecule is Nc1ncc(C2=NC3=CC=C(SCF)CC3S2)nc1Br. The number of halogens is 2. The Morgan fingerprint density at radius 3 is 3.10 bits per heavy atom. The van der Waals surface area contributed by atoms with E-state index in [2.05, 4.69) is 30.9 Å². The molecule has 1 aromatic heterocycles. The standard InChI is InChI=1S/C12H10BrFN4S2/c13-10-11(15)16-4-8(17-10)12-18-7-2-1-6(19-5-14)3-9(7)20-12/h1-2,4,9H,3,5H2,(H2,15,16). The number of hydrogen-bond acceptors (Lipinski definition) is 6. The van der Waals surface area contributed by atoms with Crippen LogP contribution in [0, 0.1) is 0 Å². The highest BCUT2D eigenvalue weighted by atomic mass is 79.9. The number of nitrogen functional groups attached to an aromatic ring is 1. The number of aliphatic imine (C=N–C) groups is 1. The predicted molar refractivity (Wildman–Crippen MR) is 86.4 cm³/mol. The number of hydrogen-bond donors (Lipinski definition) is 1. The Hall–Kier alpha value is -0.860. The summed E-state index contributed by atoms with van der Waals surface area (Å²) in [6.45, 7) is 0. The van der Waals surface area contributed by atoms with Crippen LogP contribution in [0.3, 0.4) is 0 Å². The third-order valence-electron chi connectivity index (χ3n) is 2.86. The Morgan fingerprint density at radius 1 is 1.50 bits per heavy atom. The van der Waals surface area contributed by atoms with Gasteiger partial charge in [0.25, 0.3) is 0 Å². The molecule has 20 heavy (non-hydrogen) atoms. The van der Waals surface area contributed by atoms with Crippen LogP contribution in [0.5, 0.6) is 0 Å². The number of allylic oxidation sites excluding steroid dienone is 3. The topological polar surface area (TPSA) is 64.2 Å². The zero-order valence-electron chi connectivity index (χ0n) is 10.2. The number of rotatable bonds is 3. The van der Waals surface area contributed by atoms with E-state index in [-0.39, 0.29) is 5.25 Å². The molecule has 2 N–H and O–H groups in total. The van der Waals surface area contributed by atoms with Crippen molar-refractivity contribution < 1.29 is 4.39 Å². The Labute approximate surface area is 132 Å². The summed E-state index contributed by atoms with van der Waals surface area (Å²) in [5.74, 6) is 0.359. The Morgan fingerprint density at radius 2 is 2.35 bits per heavy atom. The maximum absolute atomic E-state index is 12.4. The second-order valence-corrected chi connectivity index (χ2v) is 7.11. The Balaban J connectivity index is 1.84. The molecule has 1 aliphatic heterocycles. The van der Waals surface area contributed by atoms with Gasteiger partial charge in [-0.1, -0.05) is 29.6 Å². The van der Waals surface area contributed by atoms with Crippen molar-refractivity contribution in [2.24, 2.45) is 4.99 Å². The molecule has 4 nitrogen and oxygen atoms in total. The highest BCUT2D eigenvalue weighted by Crippen LogP contribution is 2.41. The van der Waals surface area contributed by atoms with Crippen LogP contribution in [-0.4, -0.2) is 26.3 Å². The van der Waals surface area contributed by atoms with Crippen molar-refractivity contribution in [1.82, 2.24) is 9.97 Å². The van der Waals surface area contributed by atoms with Gasteiger partial charge in [0.05, 0.1) is 17.1 Å². The lowest BCUT2D eigenvalue weighted by Crippen LogP contribution is -2.07. The van der Waals surface area contributed by atoms with Crippen LogP contribution in [0.4, 0.5) is 10.2 Å². The van der Waals surface area contributed by atoms with Gasteiger partial charge in [-0.2, -0.15) is 0 Å². The Bertz CT molecular complexity index is 644. The molecule has 0 spiro atoms. The first-order chi connectivity index (χ1) is 9.67. The van der Waals surface area contributed by atoms with E-state index in [1.165, 1.54) is 11.8 Å². The van der Waals surface area contributed by atoms with Crippen molar-refractivity contribution in [3.05, 3.63) is 39.2 Å². The maximum Gasteiger partial charge on any atom is 0.156 e. The van der Waals surface area contributed by atoms with Crippen molar-refractivity contribution in [1.29, 1.82) is 0 Å². The van der Waals surface area contributed by atoms with Gasteiger partial charge in [-0.3, -0.25) is 0 Å². The smallest absolute Gasteiger partial charge is 0.156 e. The van der Waals surface area contributed by atoms with Crippen molar-refractivity contribution in [3.63, 3.8) is 0 Å². The lowest BCUT2D eigenvalue weighted by molar-refractivity contribution is 0.606. The molecule has 8 heteroatoms. The summed E-state index contributed by atoms with van der Waals surface area (Å²) in [5.41, 5.74) is 7.33. The second kappa shape index (κ2) is 5.87. The second-order valence-electron chi connectivity index (χ2n) is 4.14. The summed E-state index contributed by atoms with van der Waals surface area (Å²) < 4.78 is 12.9. The summed E-state index contributed by atoms with van der Waals surface area (Å²) in [6, 6.07) is -0.392. The number of aromatic nitrogens is 2. The van der Waals surface area contributed by atoms with Gasteiger partial charge in [0, 0.05) is 0 Å². The van der Waals surface area contributed by atoms with Crippen LogP contribution < -0.4 is 5.73 Å². The van der Waals surface area contributed by atoms with Crippen LogP contribution in [0.15, 0.2) is 38.5 Å². The lowest BCUT2D eigenvalue weighted by Gasteiger charge is -2.15. The van der Waals surface area contributed by atoms with Crippen molar-refractivity contribution in [2.45, 2.75) is 11.7 Å². The molecule has 0 radical (unpaired) electrons. The number of fused-ring (bicyclic) bond motifs is 1. The number of alkyl halides is 1. The Kier molecular flexibility index (Phi) is 4.13. The summed E-state index contributed by atoms with van der Waals surface area (Å²) in [4.78, 5) is 14.0. The molecule has 0 saturated carbocycles. The van der Waals surface area contributed by atoms with E-state index < -0.39 is 6.01 Å². The van der Waals surface area contributed by atoms with E-state index in [1.807, 2.05) is 12.2 Å². The first-order valence-electron chi connectivity index (χ1n) is 5.80. The third-order valence-corrected chi connectivity index (χ3v) is 5.44. The van der Waals surface area contributed by atoms with E-state index in [4.69, 9.17) is 5.73 Å². The number of nitrogens with zero attached hydrogens (tertiary/aromatic N) is 3. The summed E-state index contributed by atoms with van der Waals surface area (Å²) in [6.07, 6.45) is 6.32. The zero-order valence-corrected chi connectivity index (χ0v) is 13.4. The maximum atomic E-state index is 12.4. The molecule has 2 aliphatic rings. The average molecular weight is 373 g/mol. The van der Waals surface area contributed by atoms with E-state index in [0.29, 0.717) is 16.1 Å². The van der Waals surface area contributed by atoms with Gasteiger partial charge < -0.3 is 5.73 Å². The molecule has 1 aromatic rings. The van der Waals surface area contributed by atoms with Gasteiger partial charge in [-0.15, -0.1) is 0 Å². The highest BCUT2D eigenvalue weighted by molar-refractivity contribution is 9.10. The largest absolute Gasteiger partial charge is 0.381 e. The fraction of sp³-hybridized carbons (Fsp3) is 0.250. The minimum absolute atomic E-state index is 0.238. The van der Waals surface area contributed by atoms with Gasteiger partial charge in [-0.25, -0.2) is 19.4 Å². The molecule has 0 fully saturated rings. The van der Waals surface area contributed by atoms with Crippen LogP contribution in [-0.2, 0) is 0 Å². The number of thioether (sulfide) groups is 2. The molecule has 1 aliphatic carbocycles. The van der Waals surface area contributed by atoms with Crippen LogP contribution >= 0.6 is 39.5 Å². The predicted octanol–water partition coefficient (Wildman–Crippen LogP) is 3.52. The van der Waals surface area contributed by atoms with Gasteiger partial charge in [-0.05, 0) is 33.3 Å². The average Bonchev–Trinajstić information content (AvgIpc) is 2.85. The number of nitrogens with two attached hydrogens (primary N) is 1. The van der Waals surface area contributed by atoms with Gasteiger partial charge in [0.2, 0.25) is 0 Å². The molecule has 1 unspecified atom stereocenters. The lowest BCUT2D eigenvalue weighted by atomic mass is 10.1. The molecule has 104 valence electrons. The first-order valence-corrected chi connectivity index (χ1v) is 8.46. The van der Waals surface area contributed by atoms with Crippen LogP contribution in [0.25, 0.3) is 0 Å². The van der Waals surface area contributed by atoms with Crippen molar-refractivity contribution >= 4 is 50.3 Å². The normalized spacial score (nSPS) is 21.1. The summed E-state index contributed by atoms with van der Waals surface area (Å²) in [5, 5.41) is 1.07. The van der Waals surface area contributed by atoms with E-state index in [1.54, 1.807) is 18.0 Å².